The van der Waals surface area contributed by atoms with Crippen LogP contribution >= 0.6 is 0 Å². The standard InChI is InChI=1S/C12H15N/c1-3-5-6-8-12-11(7-4-2)9-10-13-12/h3-6,8-10,13H,2,7H2,1H3. The molecule has 13 heavy (non-hydrogen) atoms. The van der Waals surface area contributed by atoms with Crippen molar-refractivity contribution in [2.75, 3.05) is 0 Å². The van der Waals surface area contributed by atoms with Crippen LogP contribution in [0.1, 0.15) is 18.2 Å². The van der Waals surface area contributed by atoms with Crippen LogP contribution < -0.4 is 0 Å². The first-order chi connectivity index (χ1) is 6.38. The molecular formula is C12H15N. The summed E-state index contributed by atoms with van der Waals surface area (Å²) in [5.74, 6) is 0. The van der Waals surface area contributed by atoms with Crippen molar-refractivity contribution in [2.45, 2.75) is 13.3 Å². The molecular weight excluding hydrogens is 158 g/mol. The highest BCUT2D eigenvalue weighted by Gasteiger charge is 1.96. The summed E-state index contributed by atoms with van der Waals surface area (Å²) in [6.07, 6.45) is 12.9. The topological polar surface area (TPSA) is 15.8 Å². The highest BCUT2D eigenvalue weighted by molar-refractivity contribution is 5.51. The summed E-state index contributed by atoms with van der Waals surface area (Å²) in [6, 6.07) is 2.08. The fraction of sp³-hybridized carbons (Fsp3) is 0.167. The molecule has 0 saturated heterocycles. The Balaban J connectivity index is 2.75. The number of hydrogen-bond donors (Lipinski definition) is 1. The van der Waals surface area contributed by atoms with Crippen molar-refractivity contribution in [3.63, 3.8) is 0 Å². The Bertz CT molecular complexity index is 316. The first-order valence-corrected chi connectivity index (χ1v) is 4.45. The highest BCUT2D eigenvalue weighted by Crippen LogP contribution is 2.09. The van der Waals surface area contributed by atoms with Gasteiger partial charge in [-0.15, -0.1) is 6.58 Å². The van der Waals surface area contributed by atoms with Crippen LogP contribution in [0.4, 0.5) is 0 Å². The minimum absolute atomic E-state index is 0.916. The third kappa shape index (κ3) is 2.79. The smallest absolute Gasteiger partial charge is 0.0416 e. The van der Waals surface area contributed by atoms with Gasteiger partial charge < -0.3 is 4.98 Å². The van der Waals surface area contributed by atoms with Crippen molar-refractivity contribution < 1.29 is 0 Å². The molecule has 0 aromatic carbocycles. The molecule has 0 unspecified atom stereocenters. The summed E-state index contributed by atoms with van der Waals surface area (Å²) < 4.78 is 0. The van der Waals surface area contributed by atoms with Crippen molar-refractivity contribution in [1.82, 2.24) is 4.98 Å². The number of rotatable bonds is 4. The van der Waals surface area contributed by atoms with Gasteiger partial charge in [0.25, 0.3) is 0 Å². The van der Waals surface area contributed by atoms with Crippen LogP contribution in [0.3, 0.4) is 0 Å². The molecule has 0 atom stereocenters. The van der Waals surface area contributed by atoms with E-state index in [-0.39, 0.29) is 0 Å². The van der Waals surface area contributed by atoms with E-state index >= 15 is 0 Å². The molecule has 1 heterocycles. The van der Waals surface area contributed by atoms with E-state index < -0.39 is 0 Å². The number of H-pyrrole nitrogens is 1. The van der Waals surface area contributed by atoms with Crippen LogP contribution in [0, 0.1) is 0 Å². The predicted molar refractivity (Wildman–Crippen MR) is 58.5 cm³/mol. The lowest BCUT2D eigenvalue weighted by Gasteiger charge is -1.93. The first kappa shape index (κ1) is 9.59. The summed E-state index contributed by atoms with van der Waals surface area (Å²) in [5, 5.41) is 0. The fourth-order valence-electron chi connectivity index (χ4n) is 1.17. The van der Waals surface area contributed by atoms with E-state index in [1.807, 2.05) is 37.4 Å². The van der Waals surface area contributed by atoms with Gasteiger partial charge in [-0.3, -0.25) is 0 Å². The molecule has 0 amide bonds. The molecule has 1 aromatic rings. The van der Waals surface area contributed by atoms with Crippen molar-refractivity contribution >= 4 is 6.08 Å². The molecule has 68 valence electrons. The first-order valence-electron chi connectivity index (χ1n) is 4.45. The quantitative estimate of drug-likeness (QED) is 0.531. The van der Waals surface area contributed by atoms with Crippen LogP contribution in [0.5, 0.6) is 0 Å². The molecule has 1 heteroatoms. The highest BCUT2D eigenvalue weighted by atomic mass is 14.7. The van der Waals surface area contributed by atoms with Gasteiger partial charge in [0.1, 0.15) is 0 Å². The van der Waals surface area contributed by atoms with Gasteiger partial charge in [-0.05, 0) is 31.1 Å². The van der Waals surface area contributed by atoms with E-state index in [1.54, 1.807) is 0 Å². The Hall–Kier alpha value is -1.50. The van der Waals surface area contributed by atoms with E-state index in [1.165, 1.54) is 5.56 Å². The number of nitrogens with one attached hydrogen (secondary N) is 1. The van der Waals surface area contributed by atoms with Gasteiger partial charge in [0.15, 0.2) is 0 Å². The van der Waals surface area contributed by atoms with E-state index in [2.05, 4.69) is 23.7 Å². The molecule has 1 N–H and O–H groups in total. The monoisotopic (exact) mass is 173 g/mol. The van der Waals surface area contributed by atoms with Gasteiger partial charge in [-0.25, -0.2) is 0 Å². The molecule has 1 aromatic heterocycles. The number of aromatic nitrogens is 1. The Labute approximate surface area is 79.5 Å². The van der Waals surface area contributed by atoms with E-state index in [4.69, 9.17) is 0 Å². The van der Waals surface area contributed by atoms with Crippen LogP contribution in [-0.2, 0) is 6.42 Å². The van der Waals surface area contributed by atoms with E-state index in [0.29, 0.717) is 0 Å². The minimum Gasteiger partial charge on any atom is -0.361 e. The number of hydrogen-bond acceptors (Lipinski definition) is 0. The molecule has 0 spiro atoms. The maximum absolute atomic E-state index is 3.72. The number of aromatic amines is 1. The van der Waals surface area contributed by atoms with E-state index in [0.717, 1.165) is 12.1 Å². The van der Waals surface area contributed by atoms with Gasteiger partial charge in [0.2, 0.25) is 0 Å². The van der Waals surface area contributed by atoms with Gasteiger partial charge in [-0.1, -0.05) is 24.3 Å². The lowest BCUT2D eigenvalue weighted by atomic mass is 10.1. The zero-order valence-electron chi connectivity index (χ0n) is 7.96. The molecule has 0 fully saturated rings. The SMILES string of the molecule is C=CCc1cc[nH]c1C=CC=CC. The third-order valence-electron chi connectivity index (χ3n) is 1.80. The summed E-state index contributed by atoms with van der Waals surface area (Å²) in [5.41, 5.74) is 2.45. The summed E-state index contributed by atoms with van der Waals surface area (Å²) >= 11 is 0. The molecule has 1 rings (SSSR count). The Morgan fingerprint density at radius 2 is 2.31 bits per heavy atom. The Morgan fingerprint density at radius 3 is 3.00 bits per heavy atom. The molecule has 0 aliphatic rings. The fourth-order valence-corrected chi connectivity index (χ4v) is 1.17. The van der Waals surface area contributed by atoms with Crippen molar-refractivity contribution in [3.8, 4) is 0 Å². The average molecular weight is 173 g/mol. The van der Waals surface area contributed by atoms with Gasteiger partial charge in [-0.2, -0.15) is 0 Å². The molecule has 0 radical (unpaired) electrons. The number of allylic oxidation sites excluding steroid dienone is 4. The molecule has 0 saturated carbocycles. The minimum atomic E-state index is 0.916. The molecule has 0 bridgehead atoms. The molecule has 0 aliphatic heterocycles. The molecule has 1 nitrogen and oxygen atoms in total. The maximum Gasteiger partial charge on any atom is 0.0416 e. The van der Waals surface area contributed by atoms with Gasteiger partial charge in [0.05, 0.1) is 0 Å². The lowest BCUT2D eigenvalue weighted by molar-refractivity contribution is 1.25. The predicted octanol–water partition coefficient (Wildman–Crippen LogP) is 3.33. The van der Waals surface area contributed by atoms with Crippen LogP contribution in [0.25, 0.3) is 6.08 Å². The summed E-state index contributed by atoms with van der Waals surface area (Å²) in [6.45, 7) is 5.72. The maximum atomic E-state index is 3.72. The largest absolute Gasteiger partial charge is 0.361 e. The second kappa shape index (κ2) is 5.20. The zero-order valence-corrected chi connectivity index (χ0v) is 7.96. The summed E-state index contributed by atoms with van der Waals surface area (Å²) in [4.78, 5) is 3.18. The summed E-state index contributed by atoms with van der Waals surface area (Å²) in [7, 11) is 0. The van der Waals surface area contributed by atoms with Crippen LogP contribution in [-0.4, -0.2) is 4.98 Å². The lowest BCUT2D eigenvalue weighted by Crippen LogP contribution is -1.80. The normalized spacial score (nSPS) is 11.5. The second-order valence-electron chi connectivity index (χ2n) is 2.79. The van der Waals surface area contributed by atoms with Crippen LogP contribution in [0.15, 0.2) is 43.1 Å². The second-order valence-corrected chi connectivity index (χ2v) is 2.79. The van der Waals surface area contributed by atoms with Crippen molar-refractivity contribution in [1.29, 1.82) is 0 Å². The third-order valence-corrected chi connectivity index (χ3v) is 1.80. The van der Waals surface area contributed by atoms with Crippen LogP contribution in [0.2, 0.25) is 0 Å². The van der Waals surface area contributed by atoms with Crippen molar-refractivity contribution in [2.24, 2.45) is 0 Å². The average Bonchev–Trinajstić information content (AvgIpc) is 2.54. The Kier molecular flexibility index (Phi) is 3.83. The van der Waals surface area contributed by atoms with Gasteiger partial charge >= 0.3 is 0 Å². The van der Waals surface area contributed by atoms with Gasteiger partial charge in [0, 0.05) is 11.9 Å². The van der Waals surface area contributed by atoms with Crippen molar-refractivity contribution in [3.05, 3.63) is 54.4 Å². The zero-order chi connectivity index (χ0) is 9.52. The Morgan fingerprint density at radius 1 is 1.46 bits per heavy atom. The van der Waals surface area contributed by atoms with E-state index in [9.17, 15) is 0 Å². The molecule has 0 aliphatic carbocycles.